The van der Waals surface area contributed by atoms with E-state index in [2.05, 4.69) is 11.2 Å². The van der Waals surface area contributed by atoms with Gasteiger partial charge in [-0.1, -0.05) is 50.1 Å². The van der Waals surface area contributed by atoms with Gasteiger partial charge in [-0.05, 0) is 18.4 Å². The molecule has 1 aromatic carbocycles. The van der Waals surface area contributed by atoms with E-state index in [9.17, 15) is 13.2 Å². The van der Waals surface area contributed by atoms with Crippen LogP contribution < -0.4 is 5.32 Å². The highest BCUT2D eigenvalue weighted by Gasteiger charge is 2.30. The van der Waals surface area contributed by atoms with Crippen molar-refractivity contribution in [3.63, 3.8) is 0 Å². The first-order chi connectivity index (χ1) is 12.8. The molecule has 0 aliphatic carbocycles. The Morgan fingerprint density at radius 3 is 2.26 bits per heavy atom. The number of carbonyl (C=O) groups is 1. The minimum atomic E-state index is -3.35. The molecule has 1 aliphatic rings. The van der Waals surface area contributed by atoms with Gasteiger partial charge in [0.25, 0.3) is 0 Å². The van der Waals surface area contributed by atoms with E-state index in [0.29, 0.717) is 39.0 Å². The number of hydrogen-bond donors (Lipinski definition) is 1. The fourth-order valence-corrected chi connectivity index (χ4v) is 4.73. The van der Waals surface area contributed by atoms with Crippen molar-refractivity contribution in [2.75, 3.05) is 32.7 Å². The lowest BCUT2D eigenvalue weighted by molar-refractivity contribution is -0.123. The van der Waals surface area contributed by atoms with Gasteiger partial charge in [0.15, 0.2) is 0 Å². The largest absolute Gasteiger partial charge is 0.339 e. The molecule has 27 heavy (non-hydrogen) atoms. The zero-order valence-corrected chi connectivity index (χ0v) is 17.0. The van der Waals surface area contributed by atoms with Crippen LogP contribution in [0.15, 0.2) is 30.3 Å². The van der Waals surface area contributed by atoms with E-state index in [1.165, 1.54) is 4.31 Å². The molecule has 0 unspecified atom stereocenters. The Kier molecular flexibility index (Phi) is 7.42. The van der Waals surface area contributed by atoms with Crippen LogP contribution in [0.2, 0.25) is 0 Å². The summed E-state index contributed by atoms with van der Waals surface area (Å²) in [7, 11) is -3.35. The summed E-state index contributed by atoms with van der Waals surface area (Å²) in [5, 5.41) is 2.95. The maximum atomic E-state index is 12.6. The summed E-state index contributed by atoms with van der Waals surface area (Å²) in [6, 6.07) is 9.18. The number of nitrogens with zero attached hydrogens (tertiary/aromatic N) is 2. The first kappa shape index (κ1) is 21.4. The quantitative estimate of drug-likeness (QED) is 0.681. The highest BCUT2D eigenvalue weighted by Crippen LogP contribution is 2.15. The molecule has 1 amide bonds. The normalized spacial score (nSPS) is 16.6. The number of rotatable bonds is 8. The van der Waals surface area contributed by atoms with Crippen LogP contribution in [0.5, 0.6) is 0 Å². The Hall–Kier alpha value is -1.88. The van der Waals surface area contributed by atoms with Crippen molar-refractivity contribution >= 4 is 15.9 Å². The topological polar surface area (TPSA) is 69.7 Å². The SMILES string of the molecule is C#CC(CC)(CC)NC(=O)CN1CCN(S(=O)(=O)Cc2ccccc2)CC1. The van der Waals surface area contributed by atoms with Gasteiger partial charge < -0.3 is 5.32 Å². The molecule has 2 rings (SSSR count). The lowest BCUT2D eigenvalue weighted by Crippen LogP contribution is -2.54. The van der Waals surface area contributed by atoms with Gasteiger partial charge in [-0.25, -0.2) is 8.42 Å². The van der Waals surface area contributed by atoms with E-state index in [0.717, 1.165) is 5.56 Å². The molecule has 1 N–H and O–H groups in total. The predicted octanol–water partition coefficient (Wildman–Crippen LogP) is 1.44. The van der Waals surface area contributed by atoms with Crippen molar-refractivity contribution in [1.82, 2.24) is 14.5 Å². The van der Waals surface area contributed by atoms with Crippen LogP contribution in [0.25, 0.3) is 0 Å². The van der Waals surface area contributed by atoms with Gasteiger partial charge in [0.1, 0.15) is 5.54 Å². The van der Waals surface area contributed by atoms with Crippen molar-refractivity contribution in [3.8, 4) is 12.3 Å². The third kappa shape index (κ3) is 5.80. The smallest absolute Gasteiger partial charge is 0.235 e. The zero-order valence-electron chi connectivity index (χ0n) is 16.1. The monoisotopic (exact) mass is 391 g/mol. The van der Waals surface area contributed by atoms with Crippen LogP contribution >= 0.6 is 0 Å². The van der Waals surface area contributed by atoms with Crippen LogP contribution in [0.1, 0.15) is 32.3 Å². The number of hydrogen-bond acceptors (Lipinski definition) is 4. The summed E-state index contributed by atoms with van der Waals surface area (Å²) in [6.45, 7) is 6.00. The molecular formula is C20H29N3O3S. The highest BCUT2D eigenvalue weighted by atomic mass is 32.2. The first-order valence-corrected chi connectivity index (χ1v) is 11.0. The third-order valence-electron chi connectivity index (χ3n) is 5.15. The summed E-state index contributed by atoms with van der Waals surface area (Å²) in [5.74, 6) is 2.59. The fourth-order valence-electron chi connectivity index (χ4n) is 3.22. The van der Waals surface area contributed by atoms with E-state index in [1.807, 2.05) is 49.1 Å². The van der Waals surface area contributed by atoms with Crippen molar-refractivity contribution in [3.05, 3.63) is 35.9 Å². The second kappa shape index (κ2) is 9.36. The van der Waals surface area contributed by atoms with Gasteiger partial charge in [0.2, 0.25) is 15.9 Å². The third-order valence-corrected chi connectivity index (χ3v) is 7.00. The lowest BCUT2D eigenvalue weighted by atomic mass is 9.94. The number of nitrogens with one attached hydrogen (secondary N) is 1. The van der Waals surface area contributed by atoms with Crippen molar-refractivity contribution in [1.29, 1.82) is 0 Å². The molecule has 0 aromatic heterocycles. The minimum absolute atomic E-state index is 0.00597. The zero-order chi connectivity index (χ0) is 19.9. The van der Waals surface area contributed by atoms with Crippen molar-refractivity contribution in [2.24, 2.45) is 0 Å². The van der Waals surface area contributed by atoms with Crippen LogP contribution in [0.3, 0.4) is 0 Å². The molecular weight excluding hydrogens is 362 g/mol. The second-order valence-electron chi connectivity index (χ2n) is 6.90. The number of sulfonamides is 1. The average Bonchev–Trinajstić information content (AvgIpc) is 2.67. The number of amides is 1. The molecule has 1 fully saturated rings. The van der Waals surface area contributed by atoms with E-state index in [1.54, 1.807) is 0 Å². The molecule has 0 bridgehead atoms. The summed E-state index contributed by atoms with van der Waals surface area (Å²) in [6.07, 6.45) is 6.94. The van der Waals surface area contributed by atoms with Gasteiger partial charge >= 0.3 is 0 Å². The van der Waals surface area contributed by atoms with Gasteiger partial charge in [-0.2, -0.15) is 4.31 Å². The number of carbonyl (C=O) groups excluding carboxylic acids is 1. The van der Waals surface area contributed by atoms with Crippen LogP contribution in [0, 0.1) is 12.3 Å². The van der Waals surface area contributed by atoms with E-state index in [4.69, 9.17) is 6.42 Å². The molecule has 0 atom stereocenters. The van der Waals surface area contributed by atoms with Gasteiger partial charge in [-0.15, -0.1) is 6.42 Å². The maximum absolute atomic E-state index is 12.6. The Labute approximate surface area is 163 Å². The van der Waals surface area contributed by atoms with E-state index in [-0.39, 0.29) is 18.2 Å². The van der Waals surface area contributed by atoms with Crippen LogP contribution in [0.4, 0.5) is 0 Å². The highest BCUT2D eigenvalue weighted by molar-refractivity contribution is 7.88. The minimum Gasteiger partial charge on any atom is -0.339 e. The summed E-state index contributed by atoms with van der Waals surface area (Å²) < 4.78 is 26.7. The second-order valence-corrected chi connectivity index (χ2v) is 8.87. The van der Waals surface area contributed by atoms with Gasteiger partial charge in [0.05, 0.1) is 12.3 Å². The summed E-state index contributed by atoms with van der Waals surface area (Å²) in [4.78, 5) is 14.3. The molecule has 0 radical (unpaired) electrons. The van der Waals surface area contributed by atoms with E-state index < -0.39 is 15.6 Å². The standard InChI is InChI=1S/C20H29N3O3S/c1-4-20(5-2,6-3)21-19(24)16-22-12-14-23(15-13-22)27(25,26)17-18-10-8-7-9-11-18/h1,7-11H,5-6,12-17H2,2-3H3,(H,21,24). The maximum Gasteiger partial charge on any atom is 0.235 e. The van der Waals surface area contributed by atoms with E-state index >= 15 is 0 Å². The summed E-state index contributed by atoms with van der Waals surface area (Å²) >= 11 is 0. The molecule has 1 aliphatic heterocycles. The van der Waals surface area contributed by atoms with Crippen LogP contribution in [-0.4, -0.2) is 61.8 Å². The van der Waals surface area contributed by atoms with Crippen molar-refractivity contribution < 1.29 is 13.2 Å². The molecule has 1 saturated heterocycles. The molecule has 0 spiro atoms. The number of piperazine rings is 1. The molecule has 0 saturated carbocycles. The first-order valence-electron chi connectivity index (χ1n) is 9.37. The molecule has 148 valence electrons. The van der Waals surface area contributed by atoms with Gasteiger partial charge in [0, 0.05) is 26.2 Å². The average molecular weight is 392 g/mol. The molecule has 1 heterocycles. The van der Waals surface area contributed by atoms with Gasteiger partial charge in [-0.3, -0.25) is 9.69 Å². The Balaban J connectivity index is 1.86. The lowest BCUT2D eigenvalue weighted by Gasteiger charge is -2.34. The predicted molar refractivity (Wildman–Crippen MR) is 107 cm³/mol. The Bertz CT molecular complexity index is 759. The Morgan fingerprint density at radius 2 is 1.74 bits per heavy atom. The summed E-state index contributed by atoms with van der Waals surface area (Å²) in [5.41, 5.74) is 0.182. The number of benzene rings is 1. The fraction of sp³-hybridized carbons (Fsp3) is 0.550. The molecule has 1 aromatic rings. The molecule has 7 heteroatoms. The van der Waals surface area contributed by atoms with Crippen molar-refractivity contribution in [2.45, 2.75) is 38.0 Å². The number of terminal acetylenes is 1. The Morgan fingerprint density at radius 1 is 1.15 bits per heavy atom. The molecule has 6 nitrogen and oxygen atoms in total. The van der Waals surface area contributed by atoms with Crippen LogP contribution in [-0.2, 0) is 20.6 Å².